The van der Waals surface area contributed by atoms with Crippen LogP contribution in [0.1, 0.15) is 52.1 Å². The number of nitrogens with one attached hydrogen (secondary N) is 1. The van der Waals surface area contributed by atoms with E-state index in [9.17, 15) is 4.79 Å². The van der Waals surface area contributed by atoms with E-state index in [1.165, 1.54) is 0 Å². The normalized spacial score (nSPS) is 14.7. The molecule has 0 aliphatic carbocycles. The van der Waals surface area contributed by atoms with Crippen molar-refractivity contribution in [1.29, 1.82) is 0 Å². The first kappa shape index (κ1) is 16.7. The summed E-state index contributed by atoms with van der Waals surface area (Å²) in [6.07, 6.45) is 1.73. The molecule has 20 heavy (non-hydrogen) atoms. The van der Waals surface area contributed by atoms with Crippen molar-refractivity contribution in [2.75, 3.05) is 6.54 Å². The third-order valence-corrected chi connectivity index (χ3v) is 3.57. The number of hydrogen-bond donors (Lipinski definition) is 2. The Morgan fingerprint density at radius 2 is 1.85 bits per heavy atom. The van der Waals surface area contributed by atoms with Crippen molar-refractivity contribution in [2.24, 2.45) is 17.1 Å². The molecular weight excluding hydrogens is 248 g/mol. The molecule has 3 N–H and O–H groups in total. The molecule has 3 nitrogen and oxygen atoms in total. The van der Waals surface area contributed by atoms with Gasteiger partial charge in [0.05, 0.1) is 6.04 Å². The lowest BCUT2D eigenvalue weighted by atomic mass is 9.82. The molecule has 0 heterocycles. The fourth-order valence-electron chi connectivity index (χ4n) is 2.28. The van der Waals surface area contributed by atoms with Crippen LogP contribution >= 0.6 is 0 Å². The Balaban J connectivity index is 2.79. The van der Waals surface area contributed by atoms with Gasteiger partial charge in [0.15, 0.2) is 0 Å². The summed E-state index contributed by atoms with van der Waals surface area (Å²) in [7, 11) is 0. The molecule has 3 heteroatoms. The van der Waals surface area contributed by atoms with Crippen molar-refractivity contribution in [3.63, 3.8) is 0 Å². The van der Waals surface area contributed by atoms with E-state index in [1.807, 2.05) is 25.1 Å². The monoisotopic (exact) mass is 276 g/mol. The lowest BCUT2D eigenvalue weighted by Crippen LogP contribution is -2.39. The molecule has 0 aromatic heterocycles. The highest BCUT2D eigenvalue weighted by Crippen LogP contribution is 2.32. The number of carbonyl (C=O) groups is 1. The van der Waals surface area contributed by atoms with Gasteiger partial charge in [0.1, 0.15) is 0 Å². The highest BCUT2D eigenvalue weighted by molar-refractivity contribution is 5.78. The van der Waals surface area contributed by atoms with Crippen molar-refractivity contribution < 1.29 is 4.79 Å². The highest BCUT2D eigenvalue weighted by Gasteiger charge is 2.28. The maximum atomic E-state index is 12.3. The van der Waals surface area contributed by atoms with Crippen LogP contribution in [0, 0.1) is 11.3 Å². The topological polar surface area (TPSA) is 55.1 Å². The van der Waals surface area contributed by atoms with Crippen molar-refractivity contribution in [2.45, 2.75) is 46.6 Å². The van der Waals surface area contributed by atoms with Crippen LogP contribution in [-0.4, -0.2) is 12.5 Å². The molecule has 2 atom stereocenters. The van der Waals surface area contributed by atoms with Gasteiger partial charge in [-0.1, -0.05) is 58.0 Å². The van der Waals surface area contributed by atoms with Crippen LogP contribution in [-0.2, 0) is 4.79 Å². The first-order valence-corrected chi connectivity index (χ1v) is 7.41. The van der Waals surface area contributed by atoms with Crippen LogP contribution in [0.3, 0.4) is 0 Å². The molecule has 2 unspecified atom stereocenters. The Kier molecular flexibility index (Phi) is 6.21. The van der Waals surface area contributed by atoms with Gasteiger partial charge in [0, 0.05) is 5.92 Å². The van der Waals surface area contributed by atoms with Crippen LogP contribution in [0.4, 0.5) is 0 Å². The maximum Gasteiger partial charge on any atom is 0.223 e. The number of amides is 1. The molecule has 0 saturated carbocycles. The summed E-state index contributed by atoms with van der Waals surface area (Å²) in [5.74, 6) is 0.120. The van der Waals surface area contributed by atoms with Crippen LogP contribution in [0.25, 0.3) is 0 Å². The lowest BCUT2D eigenvalue weighted by Gasteiger charge is -2.33. The van der Waals surface area contributed by atoms with Gasteiger partial charge < -0.3 is 11.1 Å². The highest BCUT2D eigenvalue weighted by atomic mass is 16.1. The summed E-state index contributed by atoms with van der Waals surface area (Å²) in [5, 5.41) is 3.20. The van der Waals surface area contributed by atoms with Gasteiger partial charge >= 0.3 is 0 Å². The van der Waals surface area contributed by atoms with Gasteiger partial charge in [0.25, 0.3) is 0 Å². The van der Waals surface area contributed by atoms with E-state index in [4.69, 9.17) is 5.73 Å². The van der Waals surface area contributed by atoms with E-state index < -0.39 is 0 Å². The Hall–Kier alpha value is -1.35. The molecule has 1 aromatic carbocycles. The average molecular weight is 276 g/mol. The van der Waals surface area contributed by atoms with Gasteiger partial charge in [-0.2, -0.15) is 0 Å². The van der Waals surface area contributed by atoms with Gasteiger partial charge in [-0.15, -0.1) is 0 Å². The number of hydrogen-bond acceptors (Lipinski definition) is 2. The number of rotatable bonds is 6. The molecule has 1 amide bonds. The second-order valence-electron chi connectivity index (χ2n) is 6.55. The SMILES string of the molecule is CC(CCCN)C(=O)NC(c1ccccc1)C(C)(C)C. The second-order valence-corrected chi connectivity index (χ2v) is 6.55. The Morgan fingerprint density at radius 1 is 1.25 bits per heavy atom. The molecule has 0 radical (unpaired) electrons. The smallest absolute Gasteiger partial charge is 0.223 e. The molecule has 0 saturated heterocycles. The predicted octanol–water partition coefficient (Wildman–Crippen LogP) is 3.27. The zero-order valence-electron chi connectivity index (χ0n) is 13.1. The van der Waals surface area contributed by atoms with Crippen LogP contribution in [0.5, 0.6) is 0 Å². The van der Waals surface area contributed by atoms with Crippen LogP contribution in [0.2, 0.25) is 0 Å². The summed E-state index contributed by atoms with van der Waals surface area (Å²) >= 11 is 0. The second kappa shape index (κ2) is 7.44. The molecular formula is C17H28N2O. The Morgan fingerprint density at radius 3 is 2.35 bits per heavy atom. The van der Waals surface area contributed by atoms with E-state index in [2.05, 4.69) is 38.2 Å². The summed E-state index contributed by atoms with van der Waals surface area (Å²) in [5.41, 5.74) is 6.64. The zero-order chi connectivity index (χ0) is 15.2. The third kappa shape index (κ3) is 4.97. The number of carbonyl (C=O) groups excluding carboxylic acids is 1. The Bertz CT molecular complexity index is 409. The van der Waals surface area contributed by atoms with E-state index in [0.717, 1.165) is 18.4 Å². The molecule has 0 fully saturated rings. The van der Waals surface area contributed by atoms with Crippen LogP contribution < -0.4 is 11.1 Å². The average Bonchev–Trinajstić information content (AvgIpc) is 2.41. The van der Waals surface area contributed by atoms with Crippen LogP contribution in [0.15, 0.2) is 30.3 Å². The van der Waals surface area contributed by atoms with Crippen molar-refractivity contribution >= 4 is 5.91 Å². The van der Waals surface area contributed by atoms with E-state index in [0.29, 0.717) is 6.54 Å². The molecule has 112 valence electrons. The van der Waals surface area contributed by atoms with Crippen molar-refractivity contribution in [3.8, 4) is 0 Å². The molecule has 0 bridgehead atoms. The van der Waals surface area contributed by atoms with E-state index in [1.54, 1.807) is 0 Å². The zero-order valence-corrected chi connectivity index (χ0v) is 13.1. The maximum absolute atomic E-state index is 12.3. The van der Waals surface area contributed by atoms with E-state index >= 15 is 0 Å². The first-order chi connectivity index (χ1) is 9.36. The molecule has 0 aliphatic rings. The number of nitrogens with two attached hydrogens (primary N) is 1. The van der Waals surface area contributed by atoms with Crippen molar-refractivity contribution in [1.82, 2.24) is 5.32 Å². The van der Waals surface area contributed by atoms with Gasteiger partial charge in [0.2, 0.25) is 5.91 Å². The quantitative estimate of drug-likeness (QED) is 0.838. The fraction of sp³-hybridized carbons (Fsp3) is 0.588. The molecule has 1 aromatic rings. The standard InChI is InChI=1S/C17H28N2O/c1-13(9-8-12-18)16(20)19-15(17(2,3)4)14-10-6-5-7-11-14/h5-7,10-11,13,15H,8-9,12,18H2,1-4H3,(H,19,20). The summed E-state index contributed by atoms with van der Waals surface area (Å²) in [4.78, 5) is 12.3. The minimum atomic E-state index is -0.0232. The molecule has 0 aliphatic heterocycles. The largest absolute Gasteiger partial charge is 0.349 e. The Labute approximate surface area is 122 Å². The minimum absolute atomic E-state index is 0.00659. The lowest BCUT2D eigenvalue weighted by molar-refractivity contribution is -0.126. The van der Waals surface area contributed by atoms with Crippen molar-refractivity contribution in [3.05, 3.63) is 35.9 Å². The van der Waals surface area contributed by atoms with E-state index in [-0.39, 0.29) is 23.3 Å². The number of benzene rings is 1. The molecule has 0 spiro atoms. The molecule has 1 rings (SSSR count). The summed E-state index contributed by atoms with van der Waals surface area (Å²) in [6, 6.07) is 10.2. The first-order valence-electron chi connectivity index (χ1n) is 7.41. The fourth-order valence-corrected chi connectivity index (χ4v) is 2.28. The summed E-state index contributed by atoms with van der Waals surface area (Å²) < 4.78 is 0. The van der Waals surface area contributed by atoms with Gasteiger partial charge in [-0.3, -0.25) is 4.79 Å². The van der Waals surface area contributed by atoms with Gasteiger partial charge in [-0.25, -0.2) is 0 Å². The predicted molar refractivity (Wildman–Crippen MR) is 84.2 cm³/mol. The minimum Gasteiger partial charge on any atom is -0.349 e. The summed E-state index contributed by atoms with van der Waals surface area (Å²) in [6.45, 7) is 9.05. The van der Waals surface area contributed by atoms with Gasteiger partial charge in [-0.05, 0) is 30.4 Å². The third-order valence-electron chi connectivity index (χ3n) is 3.57.